The maximum atomic E-state index is 12.1. The van der Waals surface area contributed by atoms with Crippen molar-refractivity contribution in [1.29, 1.82) is 5.26 Å². The van der Waals surface area contributed by atoms with E-state index >= 15 is 0 Å². The van der Waals surface area contributed by atoms with Crippen LogP contribution in [0, 0.1) is 18.3 Å². The van der Waals surface area contributed by atoms with Crippen molar-refractivity contribution in [1.82, 2.24) is 0 Å². The molecular formula is C22H21NO6. The molecule has 0 heterocycles. The van der Waals surface area contributed by atoms with Gasteiger partial charge in [0.2, 0.25) is 0 Å². The molecule has 0 radical (unpaired) electrons. The average Bonchev–Trinajstić information content (AvgIpc) is 2.72. The minimum Gasteiger partial charge on any atom is -0.493 e. The largest absolute Gasteiger partial charge is 0.493 e. The number of rotatable bonds is 8. The third-order valence-electron chi connectivity index (χ3n) is 3.78. The highest BCUT2D eigenvalue weighted by Crippen LogP contribution is 2.29. The van der Waals surface area contributed by atoms with Gasteiger partial charge < -0.3 is 18.9 Å². The molecule has 0 spiro atoms. The Morgan fingerprint density at radius 3 is 2.52 bits per heavy atom. The molecule has 0 atom stereocenters. The number of aryl methyl sites for hydroxylation is 1. The molecule has 7 nitrogen and oxygen atoms in total. The van der Waals surface area contributed by atoms with Crippen LogP contribution in [0.15, 0.2) is 48.0 Å². The van der Waals surface area contributed by atoms with Crippen LogP contribution in [0.5, 0.6) is 17.2 Å². The van der Waals surface area contributed by atoms with Crippen molar-refractivity contribution in [3.63, 3.8) is 0 Å². The molecule has 0 N–H and O–H groups in total. The summed E-state index contributed by atoms with van der Waals surface area (Å²) in [6.45, 7) is 3.43. The van der Waals surface area contributed by atoms with Crippen LogP contribution in [0.2, 0.25) is 0 Å². The van der Waals surface area contributed by atoms with E-state index in [0.29, 0.717) is 11.3 Å². The maximum absolute atomic E-state index is 12.1. The van der Waals surface area contributed by atoms with Gasteiger partial charge in [-0.25, -0.2) is 9.59 Å². The fraction of sp³-hybridized carbons (Fsp3) is 0.227. The van der Waals surface area contributed by atoms with Crippen molar-refractivity contribution >= 4 is 18.0 Å². The smallest absolute Gasteiger partial charge is 0.349 e. The molecular weight excluding hydrogens is 374 g/mol. The molecule has 0 amide bonds. The number of ether oxygens (including phenoxy) is 4. The van der Waals surface area contributed by atoms with Gasteiger partial charge in [-0.05, 0) is 49.2 Å². The summed E-state index contributed by atoms with van der Waals surface area (Å²) in [5.41, 5.74) is 1.27. The van der Waals surface area contributed by atoms with Crippen molar-refractivity contribution in [3.05, 3.63) is 59.2 Å². The van der Waals surface area contributed by atoms with Gasteiger partial charge in [-0.2, -0.15) is 5.26 Å². The first-order valence-electron chi connectivity index (χ1n) is 8.84. The Morgan fingerprint density at radius 2 is 1.86 bits per heavy atom. The Hall–Kier alpha value is -3.79. The SMILES string of the molecule is CCOC(=O)/C(C#N)=C/c1ccc(OC(=O)COc2ccccc2C)c(OC)c1. The highest BCUT2D eigenvalue weighted by molar-refractivity contribution is 5.98. The molecule has 0 saturated heterocycles. The van der Waals surface area contributed by atoms with E-state index in [-0.39, 0.29) is 30.3 Å². The number of hydrogen-bond acceptors (Lipinski definition) is 7. The van der Waals surface area contributed by atoms with Crippen LogP contribution in [0.4, 0.5) is 0 Å². The lowest BCUT2D eigenvalue weighted by molar-refractivity contribution is -0.138. The summed E-state index contributed by atoms with van der Waals surface area (Å²) >= 11 is 0. The highest BCUT2D eigenvalue weighted by Gasteiger charge is 2.14. The van der Waals surface area contributed by atoms with Crippen LogP contribution >= 0.6 is 0 Å². The van der Waals surface area contributed by atoms with Crippen LogP contribution < -0.4 is 14.2 Å². The Bertz CT molecular complexity index is 958. The molecule has 150 valence electrons. The van der Waals surface area contributed by atoms with Gasteiger partial charge in [-0.3, -0.25) is 0 Å². The first kappa shape index (κ1) is 21.5. The van der Waals surface area contributed by atoms with Crippen molar-refractivity contribution in [2.75, 3.05) is 20.3 Å². The summed E-state index contributed by atoms with van der Waals surface area (Å²) in [6.07, 6.45) is 1.37. The number of hydrogen-bond donors (Lipinski definition) is 0. The first-order valence-corrected chi connectivity index (χ1v) is 8.84. The van der Waals surface area contributed by atoms with E-state index in [9.17, 15) is 9.59 Å². The van der Waals surface area contributed by atoms with Crippen LogP contribution in [0.25, 0.3) is 6.08 Å². The van der Waals surface area contributed by atoms with Gasteiger partial charge in [0, 0.05) is 0 Å². The number of methoxy groups -OCH3 is 1. The van der Waals surface area contributed by atoms with Crippen molar-refractivity contribution < 1.29 is 28.5 Å². The first-order chi connectivity index (χ1) is 14.0. The number of para-hydroxylation sites is 1. The normalized spacial score (nSPS) is 10.6. The zero-order chi connectivity index (χ0) is 21.2. The van der Waals surface area contributed by atoms with Crippen molar-refractivity contribution in [2.45, 2.75) is 13.8 Å². The van der Waals surface area contributed by atoms with E-state index in [1.165, 1.54) is 19.3 Å². The van der Waals surface area contributed by atoms with Crippen LogP contribution in [-0.4, -0.2) is 32.3 Å². The zero-order valence-electron chi connectivity index (χ0n) is 16.4. The molecule has 0 aromatic heterocycles. The molecule has 2 aromatic rings. The number of nitrogens with zero attached hydrogens (tertiary/aromatic N) is 1. The number of benzene rings is 2. The molecule has 0 aliphatic carbocycles. The quantitative estimate of drug-likeness (QED) is 0.292. The Labute approximate surface area is 169 Å². The molecule has 2 aromatic carbocycles. The summed E-state index contributed by atoms with van der Waals surface area (Å²) in [4.78, 5) is 23.8. The third kappa shape index (κ3) is 6.11. The van der Waals surface area contributed by atoms with E-state index in [1.807, 2.05) is 25.1 Å². The molecule has 0 bridgehead atoms. The Kier molecular flexibility index (Phi) is 7.80. The number of carbonyl (C=O) groups excluding carboxylic acids is 2. The summed E-state index contributed by atoms with van der Waals surface area (Å²) < 4.78 is 20.8. The second-order valence-electron chi connectivity index (χ2n) is 5.83. The zero-order valence-corrected chi connectivity index (χ0v) is 16.4. The van der Waals surface area contributed by atoms with Gasteiger partial charge in [0.05, 0.1) is 13.7 Å². The fourth-order valence-electron chi connectivity index (χ4n) is 2.38. The molecule has 7 heteroatoms. The lowest BCUT2D eigenvalue weighted by atomic mass is 10.1. The predicted octanol–water partition coefficient (Wildman–Crippen LogP) is 3.46. The van der Waals surface area contributed by atoms with Gasteiger partial charge in [0.25, 0.3) is 0 Å². The molecule has 0 aliphatic rings. The van der Waals surface area contributed by atoms with Gasteiger partial charge in [0.1, 0.15) is 17.4 Å². The highest BCUT2D eigenvalue weighted by atomic mass is 16.6. The second-order valence-corrected chi connectivity index (χ2v) is 5.83. The summed E-state index contributed by atoms with van der Waals surface area (Å²) in [5, 5.41) is 9.12. The lowest BCUT2D eigenvalue weighted by Crippen LogP contribution is -2.18. The van der Waals surface area contributed by atoms with Crippen molar-refractivity contribution in [2.24, 2.45) is 0 Å². The molecule has 0 fully saturated rings. The standard InChI is InChI=1S/C22H21NO6/c1-4-27-22(25)17(13-23)11-16-9-10-19(20(12-16)26-3)29-21(24)14-28-18-8-6-5-7-15(18)2/h5-12H,4,14H2,1-3H3/b17-11+. The van der Waals surface area contributed by atoms with E-state index < -0.39 is 11.9 Å². The second kappa shape index (κ2) is 10.5. The topological polar surface area (TPSA) is 94.9 Å². The van der Waals surface area contributed by atoms with E-state index in [0.717, 1.165) is 5.56 Å². The van der Waals surface area contributed by atoms with Gasteiger partial charge in [0.15, 0.2) is 18.1 Å². The van der Waals surface area contributed by atoms with Crippen LogP contribution in [-0.2, 0) is 14.3 Å². The van der Waals surface area contributed by atoms with Crippen LogP contribution in [0.1, 0.15) is 18.1 Å². The number of esters is 2. The van der Waals surface area contributed by atoms with Gasteiger partial charge in [-0.15, -0.1) is 0 Å². The van der Waals surface area contributed by atoms with E-state index in [2.05, 4.69) is 0 Å². The molecule has 0 saturated carbocycles. The monoisotopic (exact) mass is 395 g/mol. The minimum absolute atomic E-state index is 0.148. The average molecular weight is 395 g/mol. The Morgan fingerprint density at radius 1 is 1.10 bits per heavy atom. The number of carbonyl (C=O) groups is 2. The van der Waals surface area contributed by atoms with Crippen LogP contribution in [0.3, 0.4) is 0 Å². The Balaban J connectivity index is 2.10. The summed E-state index contributed by atoms with van der Waals surface area (Å²) in [7, 11) is 1.42. The lowest BCUT2D eigenvalue weighted by Gasteiger charge is -2.11. The fourth-order valence-corrected chi connectivity index (χ4v) is 2.38. The summed E-state index contributed by atoms with van der Waals surface area (Å²) in [6, 6.07) is 13.8. The van der Waals surface area contributed by atoms with Gasteiger partial charge in [-0.1, -0.05) is 24.3 Å². The molecule has 0 aliphatic heterocycles. The van der Waals surface area contributed by atoms with Crippen molar-refractivity contribution in [3.8, 4) is 23.3 Å². The number of nitriles is 1. The molecule has 0 unspecified atom stereocenters. The minimum atomic E-state index is -0.710. The molecule has 2 rings (SSSR count). The summed E-state index contributed by atoms with van der Waals surface area (Å²) in [5.74, 6) is -0.251. The van der Waals surface area contributed by atoms with E-state index in [1.54, 1.807) is 31.2 Å². The predicted molar refractivity (Wildman–Crippen MR) is 106 cm³/mol. The molecule has 29 heavy (non-hydrogen) atoms. The van der Waals surface area contributed by atoms with E-state index in [4.69, 9.17) is 24.2 Å². The third-order valence-corrected chi connectivity index (χ3v) is 3.78. The van der Waals surface area contributed by atoms with Gasteiger partial charge >= 0.3 is 11.9 Å². The maximum Gasteiger partial charge on any atom is 0.349 e.